The molecule has 2 aromatic carbocycles. The SMILES string of the molecule is Cc1cccc(C)c1N(CCCCCCc1cccnc1)C(=O)[C@H](C)N1C(=O)c2ccccc2C1=O. The van der Waals surface area contributed by atoms with Gasteiger partial charge in [-0.05, 0) is 74.9 Å². The second-order valence-corrected chi connectivity index (χ2v) is 9.46. The van der Waals surface area contributed by atoms with Crippen molar-refractivity contribution >= 4 is 23.4 Å². The normalized spacial score (nSPS) is 13.6. The average molecular weight is 484 g/mol. The number of nitrogens with zero attached hydrogens (tertiary/aromatic N) is 3. The van der Waals surface area contributed by atoms with Crippen molar-refractivity contribution in [3.63, 3.8) is 0 Å². The summed E-state index contributed by atoms with van der Waals surface area (Å²) in [6.07, 6.45) is 8.61. The van der Waals surface area contributed by atoms with Crippen molar-refractivity contribution in [3.8, 4) is 0 Å². The fraction of sp³-hybridized carbons (Fsp3) is 0.333. The largest absolute Gasteiger partial charge is 0.310 e. The van der Waals surface area contributed by atoms with Gasteiger partial charge in [-0.1, -0.05) is 49.2 Å². The minimum atomic E-state index is -0.901. The third-order valence-corrected chi connectivity index (χ3v) is 6.87. The maximum Gasteiger partial charge on any atom is 0.262 e. The lowest BCUT2D eigenvalue weighted by Gasteiger charge is -2.31. The molecule has 6 nitrogen and oxygen atoms in total. The van der Waals surface area contributed by atoms with Gasteiger partial charge in [-0.15, -0.1) is 0 Å². The zero-order valence-electron chi connectivity index (χ0n) is 21.2. The molecular formula is C30H33N3O3. The van der Waals surface area contributed by atoms with Gasteiger partial charge in [-0.25, -0.2) is 0 Å². The smallest absolute Gasteiger partial charge is 0.262 e. The molecule has 1 atom stereocenters. The molecule has 1 aliphatic rings. The Morgan fingerprint density at radius 3 is 2.11 bits per heavy atom. The summed E-state index contributed by atoms with van der Waals surface area (Å²) < 4.78 is 0. The number of unbranched alkanes of at least 4 members (excludes halogenated alkanes) is 3. The Kier molecular flexibility index (Phi) is 7.93. The van der Waals surface area contributed by atoms with E-state index in [0.717, 1.165) is 53.8 Å². The van der Waals surface area contributed by atoms with Crippen molar-refractivity contribution in [3.05, 3.63) is 94.8 Å². The summed E-state index contributed by atoms with van der Waals surface area (Å²) in [5.74, 6) is -1.06. The molecule has 0 bridgehead atoms. The molecule has 3 amide bonds. The van der Waals surface area contributed by atoms with Crippen LogP contribution in [0.2, 0.25) is 0 Å². The van der Waals surface area contributed by atoms with Gasteiger partial charge in [0.05, 0.1) is 11.1 Å². The molecule has 36 heavy (non-hydrogen) atoms. The van der Waals surface area contributed by atoms with E-state index >= 15 is 0 Å². The highest BCUT2D eigenvalue weighted by molar-refractivity contribution is 6.23. The molecule has 0 fully saturated rings. The zero-order valence-corrected chi connectivity index (χ0v) is 21.2. The summed E-state index contributed by atoms with van der Waals surface area (Å²) in [4.78, 5) is 47.0. The second-order valence-electron chi connectivity index (χ2n) is 9.46. The van der Waals surface area contributed by atoms with E-state index in [1.807, 2.05) is 44.3 Å². The van der Waals surface area contributed by atoms with E-state index in [-0.39, 0.29) is 5.91 Å². The van der Waals surface area contributed by atoms with Gasteiger partial charge in [0.15, 0.2) is 0 Å². The molecule has 0 radical (unpaired) electrons. The minimum absolute atomic E-state index is 0.239. The molecule has 6 heteroatoms. The van der Waals surface area contributed by atoms with Gasteiger partial charge in [0, 0.05) is 24.6 Å². The number of benzene rings is 2. The number of hydrogen-bond acceptors (Lipinski definition) is 4. The number of imide groups is 1. The lowest BCUT2D eigenvalue weighted by Crippen LogP contribution is -2.50. The van der Waals surface area contributed by atoms with Crippen molar-refractivity contribution in [1.82, 2.24) is 9.88 Å². The molecule has 1 aromatic heterocycles. The molecule has 4 rings (SSSR count). The van der Waals surface area contributed by atoms with Gasteiger partial charge >= 0.3 is 0 Å². The Morgan fingerprint density at radius 1 is 0.861 bits per heavy atom. The van der Waals surface area contributed by atoms with Crippen molar-refractivity contribution in [1.29, 1.82) is 0 Å². The van der Waals surface area contributed by atoms with E-state index in [0.29, 0.717) is 17.7 Å². The maximum atomic E-state index is 13.9. The van der Waals surface area contributed by atoms with Gasteiger partial charge in [0.2, 0.25) is 5.91 Å². The van der Waals surface area contributed by atoms with E-state index < -0.39 is 17.9 Å². The number of aromatic nitrogens is 1. The molecule has 3 aromatic rings. The maximum absolute atomic E-state index is 13.9. The molecule has 0 aliphatic carbocycles. The molecule has 0 N–H and O–H groups in total. The predicted octanol–water partition coefficient (Wildman–Crippen LogP) is 5.52. The summed E-state index contributed by atoms with van der Waals surface area (Å²) >= 11 is 0. The highest BCUT2D eigenvalue weighted by Gasteiger charge is 2.42. The summed E-state index contributed by atoms with van der Waals surface area (Å²) in [5, 5.41) is 0. The Labute approximate surface area is 213 Å². The number of pyridine rings is 1. The number of carbonyl (C=O) groups excluding carboxylic acids is 3. The number of rotatable bonds is 10. The number of anilines is 1. The molecule has 0 spiro atoms. The van der Waals surface area contributed by atoms with Gasteiger partial charge in [0.1, 0.15) is 6.04 Å². The molecular weight excluding hydrogens is 450 g/mol. The number of para-hydroxylation sites is 1. The Hall–Kier alpha value is -3.80. The Balaban J connectivity index is 1.46. The predicted molar refractivity (Wildman–Crippen MR) is 141 cm³/mol. The van der Waals surface area contributed by atoms with Crippen LogP contribution in [0.3, 0.4) is 0 Å². The van der Waals surface area contributed by atoms with Crippen molar-refractivity contribution < 1.29 is 14.4 Å². The molecule has 0 saturated carbocycles. The van der Waals surface area contributed by atoms with Crippen LogP contribution in [-0.2, 0) is 11.2 Å². The first-order valence-corrected chi connectivity index (χ1v) is 12.6. The molecule has 186 valence electrons. The van der Waals surface area contributed by atoms with Gasteiger partial charge in [-0.3, -0.25) is 24.3 Å². The van der Waals surface area contributed by atoms with Crippen LogP contribution in [0.5, 0.6) is 0 Å². The standard InChI is InChI=1S/C30H33N3O3/c1-21-12-10-13-22(2)27(21)32(19-9-5-4-6-14-24-15-11-18-31-20-24)28(34)23(3)33-29(35)25-16-7-8-17-26(25)30(33)36/h7-8,10-13,15-18,20,23H,4-6,9,14,19H2,1-3H3/t23-/m0/s1. The summed E-state index contributed by atoms with van der Waals surface area (Å²) in [6, 6.07) is 15.8. The van der Waals surface area contributed by atoms with Crippen LogP contribution in [0.15, 0.2) is 67.0 Å². The quantitative estimate of drug-likeness (QED) is 0.281. The zero-order chi connectivity index (χ0) is 25.7. The van der Waals surface area contributed by atoms with E-state index in [1.54, 1.807) is 42.3 Å². The van der Waals surface area contributed by atoms with Crippen molar-refractivity contribution in [2.75, 3.05) is 11.4 Å². The van der Waals surface area contributed by atoms with Crippen molar-refractivity contribution in [2.45, 2.75) is 58.9 Å². The average Bonchev–Trinajstić information content (AvgIpc) is 3.14. The second kappa shape index (κ2) is 11.3. The van der Waals surface area contributed by atoms with E-state index in [4.69, 9.17) is 0 Å². The highest BCUT2D eigenvalue weighted by Crippen LogP contribution is 2.29. The van der Waals surface area contributed by atoms with Crippen molar-refractivity contribution in [2.24, 2.45) is 0 Å². The number of amides is 3. The number of fused-ring (bicyclic) bond motifs is 1. The lowest BCUT2D eigenvalue weighted by atomic mass is 10.0. The number of carbonyl (C=O) groups is 3. The van der Waals surface area contributed by atoms with Gasteiger partial charge < -0.3 is 4.90 Å². The van der Waals surface area contributed by atoms with Gasteiger partial charge in [0.25, 0.3) is 11.8 Å². The van der Waals surface area contributed by atoms with Crippen LogP contribution in [0.25, 0.3) is 0 Å². The third-order valence-electron chi connectivity index (χ3n) is 6.87. The fourth-order valence-electron chi connectivity index (χ4n) is 4.96. The Morgan fingerprint density at radius 2 is 1.50 bits per heavy atom. The van der Waals surface area contributed by atoms with E-state index in [2.05, 4.69) is 11.1 Å². The molecule has 2 heterocycles. The molecule has 0 saturated heterocycles. The summed E-state index contributed by atoms with van der Waals surface area (Å²) in [5.41, 5.74) is 4.80. The first kappa shape index (κ1) is 25.3. The Bertz CT molecular complexity index is 1200. The number of hydrogen-bond donors (Lipinski definition) is 0. The van der Waals surface area contributed by atoms with Crippen LogP contribution < -0.4 is 4.90 Å². The van der Waals surface area contributed by atoms with Crippen LogP contribution in [0.1, 0.15) is 70.0 Å². The topological polar surface area (TPSA) is 70.6 Å². The van der Waals surface area contributed by atoms with Crippen LogP contribution >= 0.6 is 0 Å². The fourth-order valence-corrected chi connectivity index (χ4v) is 4.96. The first-order valence-electron chi connectivity index (χ1n) is 12.6. The minimum Gasteiger partial charge on any atom is -0.310 e. The van der Waals surface area contributed by atoms with Crippen LogP contribution in [0, 0.1) is 13.8 Å². The number of aryl methyl sites for hydroxylation is 3. The lowest BCUT2D eigenvalue weighted by molar-refractivity contribution is -0.122. The van der Waals surface area contributed by atoms with E-state index in [1.165, 1.54) is 5.56 Å². The van der Waals surface area contributed by atoms with Crippen LogP contribution in [-0.4, -0.2) is 40.2 Å². The van der Waals surface area contributed by atoms with E-state index in [9.17, 15) is 14.4 Å². The molecule has 0 unspecified atom stereocenters. The molecule has 1 aliphatic heterocycles. The summed E-state index contributed by atoms with van der Waals surface area (Å²) in [6.45, 7) is 6.16. The van der Waals surface area contributed by atoms with Gasteiger partial charge in [-0.2, -0.15) is 0 Å². The van der Waals surface area contributed by atoms with Crippen LogP contribution in [0.4, 0.5) is 5.69 Å². The first-order chi connectivity index (χ1) is 17.4. The monoisotopic (exact) mass is 483 g/mol. The third kappa shape index (κ3) is 5.23. The summed E-state index contributed by atoms with van der Waals surface area (Å²) in [7, 11) is 0. The highest BCUT2D eigenvalue weighted by atomic mass is 16.2.